The van der Waals surface area contributed by atoms with Gasteiger partial charge in [-0.25, -0.2) is 4.39 Å². The number of ketones is 1. The first-order valence-corrected chi connectivity index (χ1v) is 4.74. The van der Waals surface area contributed by atoms with Gasteiger partial charge in [0.25, 0.3) is 0 Å². The second kappa shape index (κ2) is 4.01. The Morgan fingerprint density at radius 2 is 2.15 bits per heavy atom. The molecule has 0 radical (unpaired) electrons. The van der Waals surface area contributed by atoms with Crippen molar-refractivity contribution < 1.29 is 9.18 Å². The van der Waals surface area contributed by atoms with E-state index in [-0.39, 0.29) is 11.6 Å². The van der Waals surface area contributed by atoms with Gasteiger partial charge in [-0.15, -0.1) is 0 Å². The summed E-state index contributed by atoms with van der Waals surface area (Å²) in [4.78, 5) is 10.8. The van der Waals surface area contributed by atoms with Crippen LogP contribution in [0, 0.1) is 12.7 Å². The van der Waals surface area contributed by atoms with Crippen molar-refractivity contribution in [2.45, 2.75) is 20.3 Å². The Balaban J connectivity index is 3.08. The summed E-state index contributed by atoms with van der Waals surface area (Å²) in [7, 11) is 0. The van der Waals surface area contributed by atoms with Gasteiger partial charge in [-0.05, 0) is 53.0 Å². The minimum absolute atomic E-state index is 0.0461. The van der Waals surface area contributed by atoms with E-state index in [1.165, 1.54) is 13.0 Å². The largest absolute Gasteiger partial charge is 0.300 e. The van der Waals surface area contributed by atoms with Crippen molar-refractivity contribution in [2.75, 3.05) is 0 Å². The van der Waals surface area contributed by atoms with E-state index in [1.807, 2.05) is 6.92 Å². The molecule has 0 aliphatic rings. The van der Waals surface area contributed by atoms with Gasteiger partial charge in [0.15, 0.2) is 0 Å². The molecular formula is C10H10BrFO. The third-order valence-electron chi connectivity index (χ3n) is 1.82. The summed E-state index contributed by atoms with van der Waals surface area (Å²) in [5.41, 5.74) is 1.69. The van der Waals surface area contributed by atoms with Crippen LogP contribution in [0.25, 0.3) is 0 Å². The summed E-state index contributed by atoms with van der Waals surface area (Å²) in [6.07, 6.45) is 0.302. The zero-order valence-corrected chi connectivity index (χ0v) is 9.11. The molecule has 0 saturated carbocycles. The van der Waals surface area contributed by atoms with Gasteiger partial charge in [-0.1, -0.05) is 0 Å². The third kappa shape index (κ3) is 2.62. The minimum atomic E-state index is -0.318. The number of hydrogen-bond donors (Lipinski definition) is 0. The molecule has 1 nitrogen and oxygen atoms in total. The van der Waals surface area contributed by atoms with E-state index in [1.54, 1.807) is 6.07 Å². The first kappa shape index (κ1) is 10.4. The Kier molecular flexibility index (Phi) is 3.20. The van der Waals surface area contributed by atoms with Crippen molar-refractivity contribution in [1.29, 1.82) is 0 Å². The number of rotatable bonds is 2. The van der Waals surface area contributed by atoms with Crippen LogP contribution in [0.1, 0.15) is 18.1 Å². The predicted molar refractivity (Wildman–Crippen MR) is 53.2 cm³/mol. The van der Waals surface area contributed by atoms with Gasteiger partial charge in [0, 0.05) is 6.42 Å². The number of carbonyl (C=O) groups excluding carboxylic acids is 1. The lowest BCUT2D eigenvalue weighted by molar-refractivity contribution is -0.116. The Bertz CT molecular complexity index is 347. The zero-order chi connectivity index (χ0) is 10.0. The van der Waals surface area contributed by atoms with Crippen LogP contribution in [0.15, 0.2) is 16.6 Å². The molecule has 0 heterocycles. The molecule has 0 aliphatic carbocycles. The highest BCUT2D eigenvalue weighted by Gasteiger charge is 2.06. The molecule has 3 heteroatoms. The van der Waals surface area contributed by atoms with Crippen LogP contribution in [-0.2, 0) is 11.2 Å². The van der Waals surface area contributed by atoms with Crippen LogP contribution in [-0.4, -0.2) is 5.78 Å². The van der Waals surface area contributed by atoms with Crippen LogP contribution >= 0.6 is 15.9 Å². The van der Waals surface area contributed by atoms with Gasteiger partial charge >= 0.3 is 0 Å². The Hall–Kier alpha value is -0.700. The summed E-state index contributed by atoms with van der Waals surface area (Å²) < 4.78 is 13.5. The lowest BCUT2D eigenvalue weighted by Crippen LogP contribution is -1.99. The summed E-state index contributed by atoms with van der Waals surface area (Å²) >= 11 is 3.09. The lowest BCUT2D eigenvalue weighted by Gasteiger charge is -2.04. The molecule has 1 aromatic rings. The molecule has 0 bridgehead atoms. The first-order chi connectivity index (χ1) is 6.00. The van der Waals surface area contributed by atoms with Crippen LogP contribution in [0.4, 0.5) is 4.39 Å². The number of benzene rings is 1. The molecule has 0 amide bonds. The molecule has 0 aromatic heterocycles. The monoisotopic (exact) mass is 244 g/mol. The van der Waals surface area contributed by atoms with E-state index in [0.717, 1.165) is 11.1 Å². The summed E-state index contributed by atoms with van der Waals surface area (Å²) in [5, 5.41) is 0. The van der Waals surface area contributed by atoms with Crippen LogP contribution in [0.5, 0.6) is 0 Å². The number of aryl methyl sites for hydroxylation is 1. The topological polar surface area (TPSA) is 17.1 Å². The number of carbonyl (C=O) groups is 1. The highest BCUT2D eigenvalue weighted by molar-refractivity contribution is 9.10. The second-order valence-electron chi connectivity index (χ2n) is 3.07. The molecule has 0 unspecified atom stereocenters. The SMILES string of the molecule is CC(=O)Cc1cc(F)c(Br)cc1C. The predicted octanol–water partition coefficient (Wildman–Crippen LogP) is 3.03. The van der Waals surface area contributed by atoms with Crippen LogP contribution in [0.2, 0.25) is 0 Å². The number of Topliss-reactive ketones (excluding diaryl/α,β-unsaturated/α-hetero) is 1. The van der Waals surface area contributed by atoms with E-state index < -0.39 is 0 Å². The van der Waals surface area contributed by atoms with Crippen molar-refractivity contribution >= 4 is 21.7 Å². The fourth-order valence-electron chi connectivity index (χ4n) is 1.15. The third-order valence-corrected chi connectivity index (χ3v) is 2.43. The van der Waals surface area contributed by atoms with E-state index in [9.17, 15) is 9.18 Å². The van der Waals surface area contributed by atoms with E-state index in [4.69, 9.17) is 0 Å². The highest BCUT2D eigenvalue weighted by Crippen LogP contribution is 2.20. The number of halogens is 2. The molecule has 13 heavy (non-hydrogen) atoms. The molecular weight excluding hydrogens is 235 g/mol. The molecule has 0 spiro atoms. The number of hydrogen-bond acceptors (Lipinski definition) is 1. The summed E-state index contributed by atoms with van der Waals surface area (Å²) in [6.45, 7) is 3.36. The summed E-state index contributed by atoms with van der Waals surface area (Å²) in [5.74, 6) is -0.272. The molecule has 0 fully saturated rings. The van der Waals surface area contributed by atoms with Crippen molar-refractivity contribution in [2.24, 2.45) is 0 Å². The van der Waals surface area contributed by atoms with Crippen LogP contribution in [0.3, 0.4) is 0 Å². The standard InChI is InChI=1S/C10H10BrFO/c1-6-3-9(11)10(12)5-8(6)4-7(2)13/h3,5H,4H2,1-2H3. The van der Waals surface area contributed by atoms with Crippen molar-refractivity contribution in [3.8, 4) is 0 Å². The fraction of sp³-hybridized carbons (Fsp3) is 0.300. The van der Waals surface area contributed by atoms with Gasteiger partial charge in [0.05, 0.1) is 4.47 Å². The van der Waals surface area contributed by atoms with Gasteiger partial charge < -0.3 is 0 Å². The fourth-order valence-corrected chi connectivity index (χ4v) is 1.60. The molecule has 0 N–H and O–H groups in total. The maximum absolute atomic E-state index is 13.1. The molecule has 1 rings (SSSR count). The maximum atomic E-state index is 13.1. The molecule has 0 aliphatic heterocycles. The zero-order valence-electron chi connectivity index (χ0n) is 7.53. The van der Waals surface area contributed by atoms with Crippen molar-refractivity contribution in [1.82, 2.24) is 0 Å². The van der Waals surface area contributed by atoms with Gasteiger partial charge in [0.2, 0.25) is 0 Å². The normalized spacial score (nSPS) is 10.2. The smallest absolute Gasteiger partial charge is 0.137 e. The second-order valence-corrected chi connectivity index (χ2v) is 3.93. The van der Waals surface area contributed by atoms with Gasteiger partial charge in [-0.2, -0.15) is 0 Å². The van der Waals surface area contributed by atoms with Gasteiger partial charge in [-0.3, -0.25) is 4.79 Å². The molecule has 1 aromatic carbocycles. The van der Waals surface area contributed by atoms with Crippen LogP contribution < -0.4 is 0 Å². The maximum Gasteiger partial charge on any atom is 0.137 e. The lowest BCUT2D eigenvalue weighted by atomic mass is 10.0. The Morgan fingerprint density at radius 3 is 2.69 bits per heavy atom. The van der Waals surface area contributed by atoms with Gasteiger partial charge in [0.1, 0.15) is 11.6 Å². The van der Waals surface area contributed by atoms with E-state index >= 15 is 0 Å². The first-order valence-electron chi connectivity index (χ1n) is 3.94. The Morgan fingerprint density at radius 1 is 1.54 bits per heavy atom. The quantitative estimate of drug-likeness (QED) is 0.782. The average molecular weight is 245 g/mol. The highest BCUT2D eigenvalue weighted by atomic mass is 79.9. The van der Waals surface area contributed by atoms with Crippen molar-refractivity contribution in [3.63, 3.8) is 0 Å². The molecule has 0 saturated heterocycles. The molecule has 0 atom stereocenters. The van der Waals surface area contributed by atoms with Crippen molar-refractivity contribution in [3.05, 3.63) is 33.5 Å². The van der Waals surface area contributed by atoms with E-state index in [0.29, 0.717) is 10.9 Å². The van der Waals surface area contributed by atoms with E-state index in [2.05, 4.69) is 15.9 Å². The minimum Gasteiger partial charge on any atom is -0.300 e. The summed E-state index contributed by atoms with van der Waals surface area (Å²) in [6, 6.07) is 3.09. The average Bonchev–Trinajstić information content (AvgIpc) is 1.99. The molecule has 70 valence electrons. The Labute approximate surface area is 85.1 Å².